The van der Waals surface area contributed by atoms with Gasteiger partial charge in [0.15, 0.2) is 11.5 Å². The first-order chi connectivity index (χ1) is 13.6. The van der Waals surface area contributed by atoms with Crippen LogP contribution in [0.15, 0.2) is 30.7 Å². The number of nitrogens with zero attached hydrogens (tertiary/aromatic N) is 3. The standard InChI is InChI=1S/C21H28N4O3/c1-15(26)23-9-17-12-25(13-18(17)19-10-22-14-24(19)2)11-16-5-3-6-20-21(16)28-8-4-7-27-20/h3,5-6,10,14,17-18H,4,7-9,11-13H2,1-2H3,(H,23,26)/t17-,18-/m1/s1. The number of fused-ring (bicyclic) bond motifs is 1. The maximum Gasteiger partial charge on any atom is 0.216 e. The van der Waals surface area contributed by atoms with Gasteiger partial charge in [-0.1, -0.05) is 12.1 Å². The zero-order valence-corrected chi connectivity index (χ0v) is 16.6. The third-order valence-corrected chi connectivity index (χ3v) is 5.61. The lowest BCUT2D eigenvalue weighted by Crippen LogP contribution is -2.31. The fraction of sp³-hybridized carbons (Fsp3) is 0.524. The average Bonchev–Trinajstić information content (AvgIpc) is 3.17. The van der Waals surface area contributed by atoms with Crippen LogP contribution >= 0.6 is 0 Å². The third-order valence-electron chi connectivity index (χ3n) is 5.61. The Balaban J connectivity index is 1.53. The van der Waals surface area contributed by atoms with E-state index in [-0.39, 0.29) is 5.91 Å². The fourth-order valence-electron chi connectivity index (χ4n) is 4.25. The molecule has 150 valence electrons. The average molecular weight is 384 g/mol. The molecular weight excluding hydrogens is 356 g/mol. The fourth-order valence-corrected chi connectivity index (χ4v) is 4.25. The Morgan fingerprint density at radius 1 is 1.29 bits per heavy atom. The topological polar surface area (TPSA) is 68.6 Å². The summed E-state index contributed by atoms with van der Waals surface area (Å²) in [7, 11) is 2.03. The third kappa shape index (κ3) is 3.99. The smallest absolute Gasteiger partial charge is 0.216 e. The maximum absolute atomic E-state index is 11.5. The highest BCUT2D eigenvalue weighted by molar-refractivity contribution is 5.72. The van der Waals surface area contributed by atoms with Gasteiger partial charge in [-0.15, -0.1) is 0 Å². The summed E-state index contributed by atoms with van der Waals surface area (Å²) in [6.07, 6.45) is 4.69. The van der Waals surface area contributed by atoms with Crippen LogP contribution in [0.3, 0.4) is 0 Å². The van der Waals surface area contributed by atoms with Crippen LogP contribution in [0.5, 0.6) is 11.5 Å². The van der Waals surface area contributed by atoms with Crippen LogP contribution in [0.4, 0.5) is 0 Å². The zero-order chi connectivity index (χ0) is 19.5. The summed E-state index contributed by atoms with van der Waals surface area (Å²) in [5.74, 6) is 2.41. The number of carbonyl (C=O) groups excluding carboxylic acids is 1. The number of hydrogen-bond acceptors (Lipinski definition) is 5. The van der Waals surface area contributed by atoms with Crippen molar-refractivity contribution in [3.63, 3.8) is 0 Å². The van der Waals surface area contributed by atoms with E-state index in [9.17, 15) is 4.79 Å². The number of benzene rings is 1. The molecular formula is C21H28N4O3. The van der Waals surface area contributed by atoms with Crippen molar-refractivity contribution in [2.24, 2.45) is 13.0 Å². The van der Waals surface area contributed by atoms with E-state index in [4.69, 9.17) is 9.47 Å². The van der Waals surface area contributed by atoms with Gasteiger partial charge in [-0.3, -0.25) is 9.69 Å². The van der Waals surface area contributed by atoms with Crippen LogP contribution in [-0.4, -0.2) is 53.2 Å². The van der Waals surface area contributed by atoms with Crippen LogP contribution in [-0.2, 0) is 18.4 Å². The summed E-state index contributed by atoms with van der Waals surface area (Å²) in [6, 6.07) is 6.13. The Morgan fingerprint density at radius 3 is 2.93 bits per heavy atom. The molecule has 3 heterocycles. The van der Waals surface area contributed by atoms with Crippen LogP contribution in [0.2, 0.25) is 0 Å². The molecule has 0 radical (unpaired) electrons. The largest absolute Gasteiger partial charge is 0.490 e. The number of ether oxygens (including phenoxy) is 2. The number of aromatic nitrogens is 2. The van der Waals surface area contributed by atoms with Gasteiger partial charge in [0.05, 0.1) is 19.5 Å². The second kappa shape index (κ2) is 8.22. The van der Waals surface area contributed by atoms with Gasteiger partial charge in [0.2, 0.25) is 5.91 Å². The van der Waals surface area contributed by atoms with Gasteiger partial charge in [0, 0.05) is 69.9 Å². The summed E-state index contributed by atoms with van der Waals surface area (Å²) < 4.78 is 13.9. The van der Waals surface area contributed by atoms with E-state index >= 15 is 0 Å². The second-order valence-corrected chi connectivity index (χ2v) is 7.72. The van der Waals surface area contributed by atoms with Crippen LogP contribution in [0.1, 0.15) is 30.5 Å². The summed E-state index contributed by atoms with van der Waals surface area (Å²) in [4.78, 5) is 18.2. The molecule has 1 saturated heterocycles. The van der Waals surface area contributed by atoms with Crippen molar-refractivity contribution < 1.29 is 14.3 Å². The molecule has 0 spiro atoms. The normalized spacial score (nSPS) is 22.1. The molecule has 0 bridgehead atoms. The predicted octanol–water partition coefficient (Wildman–Crippen LogP) is 1.93. The molecule has 1 N–H and O–H groups in total. The van der Waals surface area contributed by atoms with E-state index in [0.29, 0.717) is 31.6 Å². The van der Waals surface area contributed by atoms with Crippen molar-refractivity contribution in [3.8, 4) is 11.5 Å². The minimum Gasteiger partial charge on any atom is -0.490 e. The number of carbonyl (C=O) groups is 1. The van der Waals surface area contributed by atoms with Crippen LogP contribution in [0.25, 0.3) is 0 Å². The van der Waals surface area contributed by atoms with Gasteiger partial charge in [0.1, 0.15) is 0 Å². The predicted molar refractivity (Wildman–Crippen MR) is 105 cm³/mol. The number of amides is 1. The first-order valence-electron chi connectivity index (χ1n) is 9.92. The Morgan fingerprint density at radius 2 is 2.14 bits per heavy atom. The monoisotopic (exact) mass is 384 g/mol. The minimum atomic E-state index is 0.0149. The molecule has 2 aliphatic rings. The molecule has 1 fully saturated rings. The van der Waals surface area contributed by atoms with E-state index in [0.717, 1.165) is 43.1 Å². The van der Waals surface area contributed by atoms with Gasteiger partial charge < -0.3 is 19.4 Å². The SMILES string of the molecule is CC(=O)NC[C@@H]1CN(Cc2cccc3c2OCCCO3)C[C@H]1c1cncn1C. The van der Waals surface area contributed by atoms with E-state index in [1.165, 1.54) is 5.69 Å². The molecule has 4 rings (SSSR count). The molecule has 1 aromatic carbocycles. The quantitative estimate of drug-likeness (QED) is 0.853. The van der Waals surface area contributed by atoms with E-state index in [1.807, 2.05) is 31.7 Å². The molecule has 0 aliphatic carbocycles. The number of hydrogen-bond donors (Lipinski definition) is 1. The molecule has 2 aliphatic heterocycles. The van der Waals surface area contributed by atoms with Crippen molar-refractivity contribution in [1.29, 1.82) is 0 Å². The Bertz CT molecular complexity index is 835. The van der Waals surface area contributed by atoms with E-state index in [1.54, 1.807) is 6.92 Å². The number of para-hydroxylation sites is 1. The lowest BCUT2D eigenvalue weighted by molar-refractivity contribution is -0.119. The molecule has 7 heteroatoms. The molecule has 1 amide bonds. The summed E-state index contributed by atoms with van der Waals surface area (Å²) in [6.45, 7) is 6.28. The summed E-state index contributed by atoms with van der Waals surface area (Å²) in [5.41, 5.74) is 2.37. The molecule has 0 unspecified atom stereocenters. The van der Waals surface area contributed by atoms with Crippen LogP contribution < -0.4 is 14.8 Å². The number of imidazole rings is 1. The van der Waals surface area contributed by atoms with Gasteiger partial charge >= 0.3 is 0 Å². The van der Waals surface area contributed by atoms with E-state index < -0.39 is 0 Å². The first kappa shape index (κ1) is 18.8. The van der Waals surface area contributed by atoms with Crippen molar-refractivity contribution in [3.05, 3.63) is 42.0 Å². The first-order valence-corrected chi connectivity index (χ1v) is 9.92. The molecule has 2 atom stereocenters. The minimum absolute atomic E-state index is 0.0149. The maximum atomic E-state index is 11.5. The van der Waals surface area contributed by atoms with Gasteiger partial charge in [-0.05, 0) is 12.0 Å². The lowest BCUT2D eigenvalue weighted by atomic mass is 9.93. The Kier molecular flexibility index (Phi) is 5.52. The molecule has 1 aromatic heterocycles. The number of rotatable bonds is 5. The van der Waals surface area contributed by atoms with Gasteiger partial charge in [-0.25, -0.2) is 4.98 Å². The highest BCUT2D eigenvalue weighted by Crippen LogP contribution is 2.37. The lowest BCUT2D eigenvalue weighted by Gasteiger charge is -2.19. The van der Waals surface area contributed by atoms with Crippen molar-refractivity contribution >= 4 is 5.91 Å². The highest BCUT2D eigenvalue weighted by atomic mass is 16.5. The van der Waals surface area contributed by atoms with E-state index in [2.05, 4.69) is 25.8 Å². The molecule has 2 aromatic rings. The van der Waals surface area contributed by atoms with Crippen LogP contribution in [0, 0.1) is 5.92 Å². The highest BCUT2D eigenvalue weighted by Gasteiger charge is 2.35. The molecule has 7 nitrogen and oxygen atoms in total. The number of nitrogens with one attached hydrogen (secondary N) is 1. The Hall–Kier alpha value is -2.54. The van der Waals surface area contributed by atoms with Crippen molar-refractivity contribution in [2.75, 3.05) is 32.8 Å². The van der Waals surface area contributed by atoms with Crippen molar-refractivity contribution in [2.45, 2.75) is 25.8 Å². The second-order valence-electron chi connectivity index (χ2n) is 7.72. The summed E-state index contributed by atoms with van der Waals surface area (Å²) >= 11 is 0. The Labute approximate surface area is 165 Å². The number of likely N-dealkylation sites (tertiary alicyclic amines) is 1. The van der Waals surface area contributed by atoms with Gasteiger partial charge in [-0.2, -0.15) is 0 Å². The van der Waals surface area contributed by atoms with Gasteiger partial charge in [0.25, 0.3) is 0 Å². The zero-order valence-electron chi connectivity index (χ0n) is 16.6. The number of aryl methyl sites for hydroxylation is 1. The molecule has 0 saturated carbocycles. The molecule has 28 heavy (non-hydrogen) atoms. The summed E-state index contributed by atoms with van der Waals surface area (Å²) in [5, 5.41) is 3.00. The van der Waals surface area contributed by atoms with Crippen molar-refractivity contribution in [1.82, 2.24) is 19.8 Å².